The highest BCUT2D eigenvalue weighted by Gasteiger charge is 1.99. The van der Waals surface area contributed by atoms with E-state index < -0.39 is 5.82 Å². The zero-order valence-corrected chi connectivity index (χ0v) is 7.00. The van der Waals surface area contributed by atoms with Gasteiger partial charge in [-0.2, -0.15) is 0 Å². The molecule has 0 radical (unpaired) electrons. The summed E-state index contributed by atoms with van der Waals surface area (Å²) in [7, 11) is 0. The third-order valence-corrected chi connectivity index (χ3v) is 1.81. The minimum absolute atomic E-state index is 0.280. The summed E-state index contributed by atoms with van der Waals surface area (Å²) < 4.78 is 12.8. The lowest BCUT2D eigenvalue weighted by molar-refractivity contribution is 0.111. The number of carbonyl (C=O) groups excluding carboxylic acids is 1. The van der Waals surface area contributed by atoms with Gasteiger partial charge in [0, 0.05) is 3.57 Å². The molecule has 0 atom stereocenters. The first-order valence-electron chi connectivity index (χ1n) is 2.50. The van der Waals surface area contributed by atoms with Gasteiger partial charge in [-0.3, -0.25) is 4.79 Å². The van der Waals surface area contributed by atoms with Gasteiger partial charge in [-0.05, 0) is 28.7 Å². The van der Waals surface area contributed by atoms with E-state index in [1.807, 2.05) is 22.6 Å². The second-order valence-electron chi connectivity index (χ2n) is 1.64. The number of halogens is 2. The SMILES string of the molecule is O=Cc1ncc(F)cc1I. The van der Waals surface area contributed by atoms with E-state index in [1.54, 1.807) is 0 Å². The van der Waals surface area contributed by atoms with Gasteiger partial charge in [-0.1, -0.05) is 0 Å². The Morgan fingerprint density at radius 3 is 2.90 bits per heavy atom. The molecule has 1 heterocycles. The molecule has 0 aliphatic rings. The van der Waals surface area contributed by atoms with Gasteiger partial charge in [-0.25, -0.2) is 9.37 Å². The van der Waals surface area contributed by atoms with Crippen LogP contribution in [0.15, 0.2) is 12.3 Å². The van der Waals surface area contributed by atoms with E-state index in [2.05, 4.69) is 4.98 Å². The first-order valence-corrected chi connectivity index (χ1v) is 3.58. The zero-order chi connectivity index (χ0) is 7.56. The molecule has 4 heteroatoms. The van der Waals surface area contributed by atoms with Crippen LogP contribution < -0.4 is 0 Å². The van der Waals surface area contributed by atoms with Crippen molar-refractivity contribution in [2.24, 2.45) is 0 Å². The smallest absolute Gasteiger partial charge is 0.169 e. The number of pyridine rings is 1. The highest BCUT2D eigenvalue weighted by atomic mass is 127. The van der Waals surface area contributed by atoms with Gasteiger partial charge >= 0.3 is 0 Å². The van der Waals surface area contributed by atoms with Crippen LogP contribution in [-0.2, 0) is 0 Å². The molecule has 0 aliphatic carbocycles. The summed E-state index contributed by atoms with van der Waals surface area (Å²) in [5, 5.41) is 0. The van der Waals surface area contributed by atoms with Gasteiger partial charge in [0.25, 0.3) is 0 Å². The fourth-order valence-corrected chi connectivity index (χ4v) is 1.08. The summed E-state index contributed by atoms with van der Waals surface area (Å²) in [5.74, 6) is -0.421. The van der Waals surface area contributed by atoms with Gasteiger partial charge in [-0.15, -0.1) is 0 Å². The molecule has 0 fully saturated rings. The number of aldehydes is 1. The average molecular weight is 251 g/mol. The quantitative estimate of drug-likeness (QED) is 0.561. The molecular weight excluding hydrogens is 248 g/mol. The number of hydrogen-bond donors (Lipinski definition) is 0. The lowest BCUT2D eigenvalue weighted by Crippen LogP contribution is -1.91. The Labute approximate surface area is 70.6 Å². The summed E-state index contributed by atoms with van der Waals surface area (Å²) >= 11 is 1.85. The normalized spacial score (nSPS) is 9.40. The average Bonchev–Trinajstić information content (AvgIpc) is 1.88. The first-order chi connectivity index (χ1) is 4.74. The maximum atomic E-state index is 12.3. The molecule has 0 aromatic carbocycles. The monoisotopic (exact) mass is 251 g/mol. The van der Waals surface area contributed by atoms with Crippen LogP contribution in [0.25, 0.3) is 0 Å². The van der Waals surface area contributed by atoms with Crippen molar-refractivity contribution >= 4 is 28.9 Å². The number of carbonyl (C=O) groups is 1. The standard InChI is InChI=1S/C6H3FINO/c7-4-1-5(8)6(3-10)9-2-4/h1-3H. The van der Waals surface area contributed by atoms with Crippen LogP contribution in [0.5, 0.6) is 0 Å². The van der Waals surface area contributed by atoms with Crippen molar-refractivity contribution in [3.63, 3.8) is 0 Å². The highest BCUT2D eigenvalue weighted by Crippen LogP contribution is 2.08. The van der Waals surface area contributed by atoms with E-state index in [-0.39, 0.29) is 5.69 Å². The van der Waals surface area contributed by atoms with Gasteiger partial charge in [0.2, 0.25) is 0 Å². The van der Waals surface area contributed by atoms with Crippen molar-refractivity contribution in [2.75, 3.05) is 0 Å². The minimum Gasteiger partial charge on any atom is -0.296 e. The van der Waals surface area contributed by atoms with Crippen LogP contribution in [-0.4, -0.2) is 11.3 Å². The molecule has 2 nitrogen and oxygen atoms in total. The van der Waals surface area contributed by atoms with E-state index >= 15 is 0 Å². The van der Waals surface area contributed by atoms with Gasteiger partial charge in [0.05, 0.1) is 6.20 Å². The molecule has 0 saturated heterocycles. The molecule has 10 heavy (non-hydrogen) atoms. The van der Waals surface area contributed by atoms with Crippen LogP contribution in [0.2, 0.25) is 0 Å². The lowest BCUT2D eigenvalue weighted by atomic mass is 10.4. The molecule has 0 aliphatic heterocycles. The molecule has 1 rings (SSSR count). The molecule has 0 N–H and O–H groups in total. The zero-order valence-electron chi connectivity index (χ0n) is 4.84. The fourth-order valence-electron chi connectivity index (χ4n) is 0.512. The summed E-state index contributed by atoms with van der Waals surface area (Å²) in [4.78, 5) is 13.7. The third kappa shape index (κ3) is 1.50. The minimum atomic E-state index is -0.421. The Kier molecular flexibility index (Phi) is 2.31. The van der Waals surface area contributed by atoms with E-state index in [9.17, 15) is 9.18 Å². The van der Waals surface area contributed by atoms with Crippen molar-refractivity contribution in [2.45, 2.75) is 0 Å². The van der Waals surface area contributed by atoms with E-state index in [0.717, 1.165) is 6.20 Å². The summed E-state index contributed by atoms with van der Waals surface area (Å²) in [6.45, 7) is 0. The lowest BCUT2D eigenvalue weighted by Gasteiger charge is -1.92. The Morgan fingerprint density at radius 1 is 1.70 bits per heavy atom. The van der Waals surface area contributed by atoms with Crippen molar-refractivity contribution in [1.82, 2.24) is 4.98 Å². The summed E-state index contributed by atoms with van der Waals surface area (Å²) in [5.41, 5.74) is 0.280. The molecule has 1 aromatic rings. The topological polar surface area (TPSA) is 30.0 Å². The highest BCUT2D eigenvalue weighted by molar-refractivity contribution is 14.1. The second-order valence-corrected chi connectivity index (χ2v) is 2.80. The fraction of sp³-hybridized carbons (Fsp3) is 0. The van der Waals surface area contributed by atoms with E-state index in [4.69, 9.17) is 0 Å². The maximum Gasteiger partial charge on any atom is 0.169 e. The number of hydrogen-bond acceptors (Lipinski definition) is 2. The largest absolute Gasteiger partial charge is 0.296 e. The van der Waals surface area contributed by atoms with Crippen molar-refractivity contribution in [3.8, 4) is 0 Å². The summed E-state index contributed by atoms with van der Waals surface area (Å²) in [6.07, 6.45) is 1.62. The second kappa shape index (κ2) is 3.05. The predicted octanol–water partition coefficient (Wildman–Crippen LogP) is 1.64. The first kappa shape index (κ1) is 7.59. The molecule has 0 spiro atoms. The van der Waals surface area contributed by atoms with Crippen LogP contribution >= 0.6 is 22.6 Å². The predicted molar refractivity (Wildman–Crippen MR) is 42.3 cm³/mol. The van der Waals surface area contributed by atoms with E-state index in [1.165, 1.54) is 6.07 Å². The number of rotatable bonds is 1. The van der Waals surface area contributed by atoms with Crippen LogP contribution in [0.4, 0.5) is 4.39 Å². The van der Waals surface area contributed by atoms with Gasteiger partial charge in [0.15, 0.2) is 6.29 Å². The molecular formula is C6H3FINO. The molecule has 0 unspecified atom stereocenters. The number of nitrogens with zero attached hydrogens (tertiary/aromatic N) is 1. The molecule has 1 aromatic heterocycles. The van der Waals surface area contributed by atoms with Crippen LogP contribution in [0.3, 0.4) is 0 Å². The summed E-state index contributed by atoms with van der Waals surface area (Å²) in [6, 6.07) is 1.26. The van der Waals surface area contributed by atoms with E-state index in [0.29, 0.717) is 9.86 Å². The Bertz CT molecular complexity index is 264. The van der Waals surface area contributed by atoms with Crippen LogP contribution in [0, 0.1) is 9.39 Å². The Balaban J connectivity index is 3.19. The molecule has 52 valence electrons. The third-order valence-electron chi connectivity index (χ3n) is 0.948. The number of aromatic nitrogens is 1. The van der Waals surface area contributed by atoms with Gasteiger partial charge < -0.3 is 0 Å². The van der Waals surface area contributed by atoms with Crippen molar-refractivity contribution in [3.05, 3.63) is 27.3 Å². The molecule has 0 bridgehead atoms. The van der Waals surface area contributed by atoms with Crippen molar-refractivity contribution < 1.29 is 9.18 Å². The van der Waals surface area contributed by atoms with Gasteiger partial charge in [0.1, 0.15) is 11.5 Å². The van der Waals surface area contributed by atoms with Crippen molar-refractivity contribution in [1.29, 1.82) is 0 Å². The Morgan fingerprint density at radius 2 is 2.40 bits per heavy atom. The van der Waals surface area contributed by atoms with Crippen LogP contribution in [0.1, 0.15) is 10.5 Å². The Hall–Kier alpha value is -0.520. The maximum absolute atomic E-state index is 12.3. The molecule has 0 amide bonds. The molecule has 0 saturated carbocycles.